The van der Waals surface area contributed by atoms with Gasteiger partial charge in [-0.2, -0.15) is 0 Å². The first-order valence-corrected chi connectivity index (χ1v) is 6.17. The molecule has 0 saturated heterocycles. The number of nitrogens with zero attached hydrogens (tertiary/aromatic N) is 2. The van der Waals surface area contributed by atoms with Crippen molar-refractivity contribution in [3.63, 3.8) is 0 Å². The highest BCUT2D eigenvalue weighted by Crippen LogP contribution is 2.19. The van der Waals surface area contributed by atoms with Gasteiger partial charge in [-0.3, -0.25) is 0 Å². The minimum Gasteiger partial charge on any atom is -0.497 e. The van der Waals surface area contributed by atoms with Crippen LogP contribution in [-0.2, 0) is 0 Å². The van der Waals surface area contributed by atoms with Crippen LogP contribution in [0.4, 0.5) is 17.3 Å². The van der Waals surface area contributed by atoms with Crippen molar-refractivity contribution in [2.24, 2.45) is 0 Å². The van der Waals surface area contributed by atoms with Gasteiger partial charge in [-0.25, -0.2) is 9.97 Å². The van der Waals surface area contributed by atoms with Crippen LogP contribution in [0.2, 0.25) is 0 Å². The van der Waals surface area contributed by atoms with E-state index < -0.39 is 0 Å². The van der Waals surface area contributed by atoms with Gasteiger partial charge in [-0.05, 0) is 38.1 Å². The summed E-state index contributed by atoms with van der Waals surface area (Å²) >= 11 is 0. The second kappa shape index (κ2) is 6.04. The van der Waals surface area contributed by atoms with E-state index in [4.69, 9.17) is 4.74 Å². The van der Waals surface area contributed by atoms with Gasteiger partial charge in [0.05, 0.1) is 7.11 Å². The molecule has 0 aliphatic rings. The molecular formula is C14H18N4O. The summed E-state index contributed by atoms with van der Waals surface area (Å²) in [5.41, 5.74) is 0.954. The zero-order valence-corrected chi connectivity index (χ0v) is 11.3. The number of hydrogen-bond acceptors (Lipinski definition) is 5. The van der Waals surface area contributed by atoms with Gasteiger partial charge >= 0.3 is 0 Å². The molecule has 0 atom stereocenters. The number of aromatic nitrogens is 2. The predicted molar refractivity (Wildman–Crippen MR) is 77.1 cm³/mol. The van der Waals surface area contributed by atoms with Crippen molar-refractivity contribution in [1.29, 1.82) is 0 Å². The molecule has 0 aliphatic carbocycles. The van der Waals surface area contributed by atoms with Crippen molar-refractivity contribution in [3.8, 4) is 5.75 Å². The van der Waals surface area contributed by atoms with Crippen LogP contribution in [-0.4, -0.2) is 23.1 Å². The fourth-order valence-corrected chi connectivity index (χ4v) is 1.62. The summed E-state index contributed by atoms with van der Waals surface area (Å²) in [7, 11) is 1.65. The molecule has 0 radical (unpaired) electrons. The molecule has 0 aliphatic heterocycles. The van der Waals surface area contributed by atoms with Gasteiger partial charge in [-0.15, -0.1) is 0 Å². The van der Waals surface area contributed by atoms with E-state index in [-0.39, 0.29) is 0 Å². The average Bonchev–Trinajstić information content (AvgIpc) is 2.39. The molecular weight excluding hydrogens is 240 g/mol. The number of benzene rings is 1. The van der Waals surface area contributed by atoms with E-state index in [0.717, 1.165) is 23.1 Å². The van der Waals surface area contributed by atoms with E-state index >= 15 is 0 Å². The second-order valence-electron chi connectivity index (χ2n) is 4.44. The standard InChI is InChI=1S/C14H18N4O/c1-10(2)17-13-8-14(16-9-15-13)18-11-4-6-12(19-3)7-5-11/h4-10H,1-3H3,(H2,15,16,17,18). The summed E-state index contributed by atoms with van der Waals surface area (Å²) in [5, 5.41) is 6.46. The topological polar surface area (TPSA) is 59.1 Å². The van der Waals surface area contributed by atoms with Gasteiger partial charge in [-0.1, -0.05) is 0 Å². The lowest BCUT2D eigenvalue weighted by molar-refractivity contribution is 0.415. The lowest BCUT2D eigenvalue weighted by atomic mass is 10.3. The zero-order chi connectivity index (χ0) is 13.7. The third-order valence-electron chi connectivity index (χ3n) is 2.47. The Morgan fingerprint density at radius 3 is 2.37 bits per heavy atom. The average molecular weight is 258 g/mol. The number of ether oxygens (including phenoxy) is 1. The molecule has 0 amide bonds. The highest BCUT2D eigenvalue weighted by molar-refractivity contribution is 5.59. The Hall–Kier alpha value is -2.30. The first-order valence-electron chi connectivity index (χ1n) is 6.17. The molecule has 2 aromatic rings. The van der Waals surface area contributed by atoms with Crippen molar-refractivity contribution < 1.29 is 4.74 Å². The summed E-state index contributed by atoms with van der Waals surface area (Å²) in [6, 6.07) is 9.90. The van der Waals surface area contributed by atoms with Crippen molar-refractivity contribution in [3.05, 3.63) is 36.7 Å². The Labute approximate surface area is 113 Å². The molecule has 2 N–H and O–H groups in total. The Balaban J connectivity index is 2.09. The number of methoxy groups -OCH3 is 1. The molecule has 5 heteroatoms. The van der Waals surface area contributed by atoms with Gasteiger partial charge in [0.25, 0.3) is 0 Å². The Morgan fingerprint density at radius 2 is 1.74 bits per heavy atom. The molecule has 1 heterocycles. The molecule has 0 saturated carbocycles. The van der Waals surface area contributed by atoms with Gasteiger partial charge < -0.3 is 15.4 Å². The third kappa shape index (κ3) is 3.84. The van der Waals surface area contributed by atoms with Gasteiger partial charge in [0.1, 0.15) is 23.7 Å². The monoisotopic (exact) mass is 258 g/mol. The SMILES string of the molecule is COc1ccc(Nc2cc(NC(C)C)ncn2)cc1. The van der Waals surface area contributed by atoms with Crippen LogP contribution >= 0.6 is 0 Å². The summed E-state index contributed by atoms with van der Waals surface area (Å²) in [5.74, 6) is 2.39. The van der Waals surface area contributed by atoms with Crippen LogP contribution in [0.1, 0.15) is 13.8 Å². The molecule has 100 valence electrons. The van der Waals surface area contributed by atoms with Crippen LogP contribution in [0.3, 0.4) is 0 Å². The maximum atomic E-state index is 5.12. The Bertz CT molecular complexity index is 525. The molecule has 0 unspecified atom stereocenters. The van der Waals surface area contributed by atoms with Crippen LogP contribution in [0.5, 0.6) is 5.75 Å². The fourth-order valence-electron chi connectivity index (χ4n) is 1.62. The molecule has 0 bridgehead atoms. The van der Waals surface area contributed by atoms with Gasteiger partial charge in [0.15, 0.2) is 0 Å². The summed E-state index contributed by atoms with van der Waals surface area (Å²) < 4.78 is 5.12. The number of nitrogens with one attached hydrogen (secondary N) is 2. The van der Waals surface area contributed by atoms with Crippen molar-refractivity contribution in [1.82, 2.24) is 9.97 Å². The Morgan fingerprint density at radius 1 is 1.05 bits per heavy atom. The maximum Gasteiger partial charge on any atom is 0.135 e. The molecule has 1 aromatic heterocycles. The second-order valence-corrected chi connectivity index (χ2v) is 4.44. The fraction of sp³-hybridized carbons (Fsp3) is 0.286. The third-order valence-corrected chi connectivity index (χ3v) is 2.47. The van der Waals surface area contributed by atoms with Crippen LogP contribution in [0, 0.1) is 0 Å². The number of rotatable bonds is 5. The number of anilines is 3. The smallest absolute Gasteiger partial charge is 0.135 e. The van der Waals surface area contributed by atoms with Crippen molar-refractivity contribution >= 4 is 17.3 Å². The summed E-state index contributed by atoms with van der Waals surface area (Å²) in [4.78, 5) is 8.36. The van der Waals surface area contributed by atoms with E-state index in [9.17, 15) is 0 Å². The quantitative estimate of drug-likeness (QED) is 0.863. The first-order chi connectivity index (χ1) is 9.17. The predicted octanol–water partition coefficient (Wildman–Crippen LogP) is 3.05. The van der Waals surface area contributed by atoms with Crippen molar-refractivity contribution in [2.75, 3.05) is 17.7 Å². The van der Waals surface area contributed by atoms with Crippen LogP contribution in [0.15, 0.2) is 36.7 Å². The van der Waals surface area contributed by atoms with E-state index in [1.54, 1.807) is 7.11 Å². The largest absolute Gasteiger partial charge is 0.497 e. The van der Waals surface area contributed by atoms with Crippen LogP contribution < -0.4 is 15.4 Å². The highest BCUT2D eigenvalue weighted by Gasteiger charge is 2.01. The first kappa shape index (κ1) is 13.1. The van der Waals surface area contributed by atoms with Crippen LogP contribution in [0.25, 0.3) is 0 Å². The molecule has 1 aromatic carbocycles. The molecule has 0 fully saturated rings. The van der Waals surface area contributed by atoms with Gasteiger partial charge in [0.2, 0.25) is 0 Å². The van der Waals surface area contributed by atoms with E-state index in [0.29, 0.717) is 6.04 Å². The Kier molecular flexibility index (Phi) is 4.18. The van der Waals surface area contributed by atoms with E-state index in [2.05, 4.69) is 34.4 Å². The summed E-state index contributed by atoms with van der Waals surface area (Å²) in [6.07, 6.45) is 1.54. The number of hydrogen-bond donors (Lipinski definition) is 2. The molecule has 5 nitrogen and oxygen atoms in total. The van der Waals surface area contributed by atoms with E-state index in [1.807, 2.05) is 30.3 Å². The highest BCUT2D eigenvalue weighted by atomic mass is 16.5. The lowest BCUT2D eigenvalue weighted by Gasteiger charge is -2.11. The molecule has 2 rings (SSSR count). The lowest BCUT2D eigenvalue weighted by Crippen LogP contribution is -2.11. The van der Waals surface area contributed by atoms with E-state index in [1.165, 1.54) is 6.33 Å². The maximum absolute atomic E-state index is 5.12. The zero-order valence-electron chi connectivity index (χ0n) is 11.3. The normalized spacial score (nSPS) is 10.3. The minimum absolute atomic E-state index is 0.337. The summed E-state index contributed by atoms with van der Waals surface area (Å²) in [6.45, 7) is 4.14. The van der Waals surface area contributed by atoms with Crippen molar-refractivity contribution in [2.45, 2.75) is 19.9 Å². The molecule has 0 spiro atoms. The minimum atomic E-state index is 0.337. The van der Waals surface area contributed by atoms with Gasteiger partial charge in [0, 0.05) is 17.8 Å². The molecule has 19 heavy (non-hydrogen) atoms.